The Morgan fingerprint density at radius 1 is 1.43 bits per heavy atom. The first-order valence-electron chi connectivity index (χ1n) is 4.18. The third-order valence-corrected chi connectivity index (χ3v) is 1.76. The van der Waals surface area contributed by atoms with E-state index in [1.165, 1.54) is 12.1 Å². The van der Waals surface area contributed by atoms with Crippen LogP contribution < -0.4 is 16.4 Å². The van der Waals surface area contributed by atoms with Crippen molar-refractivity contribution in [3.8, 4) is 0 Å². The molecule has 0 fully saturated rings. The number of anilines is 1. The van der Waals surface area contributed by atoms with Crippen LogP contribution in [0.3, 0.4) is 0 Å². The molecule has 0 aromatic heterocycles. The first kappa shape index (κ1) is 10.5. The van der Waals surface area contributed by atoms with Crippen LogP contribution in [-0.2, 0) is 0 Å². The van der Waals surface area contributed by atoms with Gasteiger partial charge in [-0.25, -0.2) is 9.18 Å². The summed E-state index contributed by atoms with van der Waals surface area (Å²) in [6.07, 6.45) is 0. The van der Waals surface area contributed by atoms with Gasteiger partial charge in [-0.3, -0.25) is 4.90 Å². The molecule has 0 saturated heterocycles. The van der Waals surface area contributed by atoms with Crippen molar-refractivity contribution >= 4 is 11.7 Å². The molecule has 0 heterocycles. The number of rotatable bonds is 3. The molecule has 0 atom stereocenters. The molecule has 4 N–H and O–H groups in total. The number of para-hydroxylation sites is 1. The molecule has 0 unspecified atom stereocenters. The smallest absolute Gasteiger partial charge is 0.319 e. The second kappa shape index (κ2) is 4.57. The van der Waals surface area contributed by atoms with Crippen LogP contribution in [0, 0.1) is 5.82 Å². The van der Waals surface area contributed by atoms with Crippen molar-refractivity contribution in [1.29, 1.82) is 0 Å². The fourth-order valence-corrected chi connectivity index (χ4v) is 1.15. The normalized spacial score (nSPS) is 9.86. The second-order valence-corrected chi connectivity index (χ2v) is 2.73. The molecule has 14 heavy (non-hydrogen) atoms. The van der Waals surface area contributed by atoms with Gasteiger partial charge in [-0.2, -0.15) is 0 Å². The summed E-state index contributed by atoms with van der Waals surface area (Å²) in [7, 11) is 0. The van der Waals surface area contributed by atoms with Gasteiger partial charge >= 0.3 is 6.03 Å². The van der Waals surface area contributed by atoms with Gasteiger partial charge in [-0.05, 0) is 12.1 Å². The Kier molecular flexibility index (Phi) is 3.41. The number of primary amides is 1. The van der Waals surface area contributed by atoms with Gasteiger partial charge in [0.15, 0.2) is 0 Å². The minimum Gasteiger partial charge on any atom is -0.351 e. The summed E-state index contributed by atoms with van der Waals surface area (Å²) >= 11 is 0. The lowest BCUT2D eigenvalue weighted by Gasteiger charge is -2.19. The van der Waals surface area contributed by atoms with Gasteiger partial charge in [0.2, 0.25) is 0 Å². The molecule has 4 nitrogen and oxygen atoms in total. The quantitative estimate of drug-likeness (QED) is 0.747. The van der Waals surface area contributed by atoms with Crippen molar-refractivity contribution in [1.82, 2.24) is 0 Å². The molecule has 0 bridgehead atoms. The number of nitrogens with two attached hydrogens (primary N) is 2. The molecule has 0 saturated carbocycles. The molecule has 0 radical (unpaired) electrons. The molecule has 1 rings (SSSR count). The van der Waals surface area contributed by atoms with E-state index in [1.807, 2.05) is 0 Å². The number of amides is 2. The molecule has 1 aromatic carbocycles. The van der Waals surface area contributed by atoms with Crippen LogP contribution in [0.5, 0.6) is 0 Å². The van der Waals surface area contributed by atoms with Crippen LogP contribution in [0.1, 0.15) is 0 Å². The highest BCUT2D eigenvalue weighted by atomic mass is 19.1. The molecule has 0 aliphatic carbocycles. The van der Waals surface area contributed by atoms with Crippen molar-refractivity contribution in [2.24, 2.45) is 11.5 Å². The van der Waals surface area contributed by atoms with Gasteiger partial charge in [-0.1, -0.05) is 12.1 Å². The molecule has 0 aliphatic heterocycles. The van der Waals surface area contributed by atoms with Crippen molar-refractivity contribution in [2.45, 2.75) is 0 Å². The van der Waals surface area contributed by atoms with Gasteiger partial charge in [0, 0.05) is 13.1 Å². The number of hydrogen-bond donors (Lipinski definition) is 2. The second-order valence-electron chi connectivity index (χ2n) is 2.73. The van der Waals surface area contributed by atoms with Crippen molar-refractivity contribution < 1.29 is 9.18 Å². The topological polar surface area (TPSA) is 72.3 Å². The molecule has 0 spiro atoms. The maximum absolute atomic E-state index is 13.2. The lowest BCUT2D eigenvalue weighted by atomic mass is 10.3. The largest absolute Gasteiger partial charge is 0.351 e. The number of carbonyl (C=O) groups is 1. The Labute approximate surface area is 81.3 Å². The lowest BCUT2D eigenvalue weighted by molar-refractivity contribution is 0.254. The summed E-state index contributed by atoms with van der Waals surface area (Å²) in [5.74, 6) is -0.486. The SMILES string of the molecule is NCCN(C(N)=O)c1ccccc1F. The van der Waals surface area contributed by atoms with Crippen LogP contribution in [0.2, 0.25) is 0 Å². The van der Waals surface area contributed by atoms with Gasteiger partial charge in [0.25, 0.3) is 0 Å². The highest BCUT2D eigenvalue weighted by Gasteiger charge is 2.14. The van der Waals surface area contributed by atoms with Crippen LogP contribution in [0.15, 0.2) is 24.3 Å². The number of benzene rings is 1. The maximum atomic E-state index is 13.2. The number of nitrogens with zero attached hydrogens (tertiary/aromatic N) is 1. The minimum atomic E-state index is -0.708. The van der Waals surface area contributed by atoms with E-state index < -0.39 is 11.8 Å². The zero-order chi connectivity index (χ0) is 10.6. The third kappa shape index (κ3) is 2.20. The molecule has 0 aliphatic rings. The minimum absolute atomic E-state index is 0.158. The standard InChI is InChI=1S/C9H12FN3O/c10-7-3-1-2-4-8(7)13(6-5-11)9(12)14/h1-4H,5-6,11H2,(H2,12,14). The number of carbonyl (C=O) groups excluding carboxylic acids is 1. The van der Waals surface area contributed by atoms with Crippen LogP contribution in [0.4, 0.5) is 14.9 Å². The van der Waals surface area contributed by atoms with E-state index >= 15 is 0 Å². The van der Waals surface area contributed by atoms with Gasteiger partial charge in [-0.15, -0.1) is 0 Å². The molecule has 1 aromatic rings. The van der Waals surface area contributed by atoms with E-state index in [0.717, 1.165) is 4.90 Å². The van der Waals surface area contributed by atoms with E-state index in [2.05, 4.69) is 0 Å². The first-order valence-corrected chi connectivity index (χ1v) is 4.18. The zero-order valence-corrected chi connectivity index (χ0v) is 7.61. The van der Waals surface area contributed by atoms with Gasteiger partial charge in [0.1, 0.15) is 5.82 Å². The lowest BCUT2D eigenvalue weighted by Crippen LogP contribution is -2.39. The van der Waals surface area contributed by atoms with Crippen molar-refractivity contribution in [2.75, 3.05) is 18.0 Å². The van der Waals surface area contributed by atoms with Gasteiger partial charge < -0.3 is 11.5 Å². The summed E-state index contributed by atoms with van der Waals surface area (Å²) < 4.78 is 13.2. The molecule has 76 valence electrons. The Morgan fingerprint density at radius 2 is 2.07 bits per heavy atom. The van der Waals surface area contributed by atoms with Crippen LogP contribution in [-0.4, -0.2) is 19.1 Å². The molecular formula is C9H12FN3O. The average molecular weight is 197 g/mol. The van der Waals surface area contributed by atoms with Crippen LogP contribution in [0.25, 0.3) is 0 Å². The number of urea groups is 1. The highest BCUT2D eigenvalue weighted by Crippen LogP contribution is 2.17. The van der Waals surface area contributed by atoms with E-state index in [9.17, 15) is 9.18 Å². The van der Waals surface area contributed by atoms with Crippen molar-refractivity contribution in [3.63, 3.8) is 0 Å². The monoisotopic (exact) mass is 197 g/mol. The Balaban J connectivity index is 2.99. The zero-order valence-electron chi connectivity index (χ0n) is 7.61. The summed E-state index contributed by atoms with van der Waals surface area (Å²) in [6.45, 7) is 0.438. The summed E-state index contributed by atoms with van der Waals surface area (Å²) in [5.41, 5.74) is 10.5. The molecule has 5 heteroatoms. The summed E-state index contributed by atoms with van der Waals surface area (Å²) in [5, 5.41) is 0. The van der Waals surface area contributed by atoms with Gasteiger partial charge in [0.05, 0.1) is 5.69 Å². The fraction of sp³-hybridized carbons (Fsp3) is 0.222. The average Bonchev–Trinajstić information content (AvgIpc) is 2.15. The Hall–Kier alpha value is -1.62. The van der Waals surface area contributed by atoms with E-state index in [0.29, 0.717) is 0 Å². The van der Waals surface area contributed by atoms with E-state index in [-0.39, 0.29) is 18.8 Å². The molecule has 2 amide bonds. The first-order chi connectivity index (χ1) is 6.66. The fourth-order valence-electron chi connectivity index (χ4n) is 1.15. The number of hydrogen-bond acceptors (Lipinski definition) is 2. The van der Waals surface area contributed by atoms with Crippen LogP contribution >= 0.6 is 0 Å². The highest BCUT2D eigenvalue weighted by molar-refractivity contribution is 5.90. The molecular weight excluding hydrogens is 185 g/mol. The van der Waals surface area contributed by atoms with E-state index in [1.54, 1.807) is 12.1 Å². The van der Waals surface area contributed by atoms with E-state index in [4.69, 9.17) is 11.5 Å². The summed E-state index contributed by atoms with van der Waals surface area (Å²) in [4.78, 5) is 12.1. The third-order valence-electron chi connectivity index (χ3n) is 1.76. The Bertz CT molecular complexity index is 330. The Morgan fingerprint density at radius 3 is 2.57 bits per heavy atom. The maximum Gasteiger partial charge on any atom is 0.319 e. The summed E-state index contributed by atoms with van der Waals surface area (Å²) in [6, 6.07) is 5.21. The van der Waals surface area contributed by atoms with Crippen molar-refractivity contribution in [3.05, 3.63) is 30.1 Å². The predicted molar refractivity (Wildman–Crippen MR) is 52.4 cm³/mol. The predicted octanol–water partition coefficient (Wildman–Crippen LogP) is 0.669. The number of halogens is 1.